The van der Waals surface area contributed by atoms with Gasteiger partial charge >= 0.3 is 0 Å². The molecule has 0 unspecified atom stereocenters. The summed E-state index contributed by atoms with van der Waals surface area (Å²) in [5.74, 6) is 0.657. The molecule has 9 heteroatoms. The predicted molar refractivity (Wildman–Crippen MR) is 101 cm³/mol. The molecule has 6 nitrogen and oxygen atoms in total. The number of hydrogen-bond donors (Lipinski definition) is 2. The molecule has 0 bridgehead atoms. The molecule has 0 saturated heterocycles. The van der Waals surface area contributed by atoms with E-state index in [0.29, 0.717) is 10.2 Å². The number of thiophene rings is 1. The van der Waals surface area contributed by atoms with Gasteiger partial charge in [-0.3, -0.25) is 4.72 Å². The zero-order valence-electron chi connectivity index (χ0n) is 13.4. The second-order valence-electron chi connectivity index (χ2n) is 5.41. The van der Waals surface area contributed by atoms with Gasteiger partial charge in [0.2, 0.25) is 0 Å². The van der Waals surface area contributed by atoms with Crippen molar-refractivity contribution in [1.82, 2.24) is 10.2 Å². The third kappa shape index (κ3) is 4.28. The van der Waals surface area contributed by atoms with Crippen LogP contribution < -0.4 is 10.0 Å². The fourth-order valence-corrected chi connectivity index (χ4v) is 4.65. The number of halogens is 1. The van der Waals surface area contributed by atoms with Crippen molar-refractivity contribution in [3.63, 3.8) is 0 Å². The summed E-state index contributed by atoms with van der Waals surface area (Å²) in [5.41, 5.74) is 3.18. The van der Waals surface area contributed by atoms with Crippen LogP contribution in [-0.2, 0) is 10.0 Å². The van der Waals surface area contributed by atoms with Crippen LogP contribution in [0.5, 0.6) is 0 Å². The zero-order valence-corrected chi connectivity index (χ0v) is 15.8. The lowest BCUT2D eigenvalue weighted by molar-refractivity contribution is 0.603. The molecule has 0 atom stereocenters. The van der Waals surface area contributed by atoms with Gasteiger partial charge in [0.15, 0.2) is 11.6 Å². The zero-order chi connectivity index (χ0) is 18.0. The molecule has 0 saturated carbocycles. The summed E-state index contributed by atoms with van der Waals surface area (Å²) in [4.78, 5) is 0. The van der Waals surface area contributed by atoms with Crippen LogP contribution in [-0.4, -0.2) is 18.6 Å². The van der Waals surface area contributed by atoms with Crippen LogP contribution in [0.15, 0.2) is 46.7 Å². The predicted octanol–water partition coefficient (Wildman–Crippen LogP) is 4.35. The van der Waals surface area contributed by atoms with Gasteiger partial charge in [0, 0.05) is 5.69 Å². The smallest absolute Gasteiger partial charge is 0.272 e. The Hall–Kier alpha value is -2.16. The molecular weight excluding hydrogens is 380 g/mol. The molecule has 1 aromatic carbocycles. The van der Waals surface area contributed by atoms with Crippen LogP contribution in [0.2, 0.25) is 4.34 Å². The Morgan fingerprint density at radius 1 is 1.00 bits per heavy atom. The van der Waals surface area contributed by atoms with E-state index in [1.54, 1.807) is 12.1 Å². The fraction of sp³-hybridized carbons (Fsp3) is 0.125. The molecule has 3 rings (SSSR count). The van der Waals surface area contributed by atoms with Crippen LogP contribution in [0.25, 0.3) is 0 Å². The van der Waals surface area contributed by atoms with Crippen LogP contribution in [0.3, 0.4) is 0 Å². The maximum Gasteiger partial charge on any atom is 0.272 e. The fourth-order valence-electron chi connectivity index (χ4n) is 2.18. The first-order valence-electron chi connectivity index (χ1n) is 7.30. The molecular formula is C16H15ClN4O2S2. The van der Waals surface area contributed by atoms with Gasteiger partial charge in [-0.1, -0.05) is 29.3 Å². The maximum atomic E-state index is 12.2. The molecule has 0 aliphatic rings. The second kappa shape index (κ2) is 6.99. The quantitative estimate of drug-likeness (QED) is 0.671. The molecule has 25 heavy (non-hydrogen) atoms. The minimum atomic E-state index is -3.71. The molecule has 0 fully saturated rings. The number of sulfonamides is 1. The average Bonchev–Trinajstić information content (AvgIpc) is 2.99. The van der Waals surface area contributed by atoms with Gasteiger partial charge in [0.25, 0.3) is 10.0 Å². The highest BCUT2D eigenvalue weighted by Crippen LogP contribution is 2.27. The SMILES string of the molecule is Cc1ccc(Nc2ccc(NS(=O)(=O)c3ccc(Cl)s3)nn2)c(C)c1. The number of nitrogens with zero attached hydrogens (tertiary/aromatic N) is 2. The molecule has 130 valence electrons. The van der Waals surface area contributed by atoms with Crippen molar-refractivity contribution in [2.45, 2.75) is 18.1 Å². The number of hydrogen-bond acceptors (Lipinski definition) is 6. The summed E-state index contributed by atoms with van der Waals surface area (Å²) >= 11 is 6.76. The lowest BCUT2D eigenvalue weighted by Gasteiger charge is -2.10. The van der Waals surface area contributed by atoms with Crippen molar-refractivity contribution in [3.8, 4) is 0 Å². The van der Waals surface area contributed by atoms with Gasteiger partial charge in [-0.25, -0.2) is 8.42 Å². The highest BCUT2D eigenvalue weighted by molar-refractivity contribution is 7.94. The largest absolute Gasteiger partial charge is 0.339 e. The van der Waals surface area contributed by atoms with Gasteiger partial charge in [-0.15, -0.1) is 21.5 Å². The van der Waals surface area contributed by atoms with Crippen molar-refractivity contribution in [2.75, 3.05) is 10.0 Å². The Balaban J connectivity index is 1.74. The van der Waals surface area contributed by atoms with Crippen molar-refractivity contribution in [3.05, 3.63) is 57.9 Å². The summed E-state index contributed by atoms with van der Waals surface area (Å²) < 4.78 is 27.4. The highest BCUT2D eigenvalue weighted by Gasteiger charge is 2.17. The number of aryl methyl sites for hydroxylation is 2. The third-order valence-corrected chi connectivity index (χ3v) is 6.44. The molecule has 0 radical (unpaired) electrons. The van der Waals surface area contributed by atoms with E-state index in [1.165, 1.54) is 17.7 Å². The summed E-state index contributed by atoms with van der Waals surface area (Å²) in [7, 11) is -3.71. The van der Waals surface area contributed by atoms with Crippen LogP contribution in [0.1, 0.15) is 11.1 Å². The van der Waals surface area contributed by atoms with Crippen LogP contribution in [0.4, 0.5) is 17.3 Å². The lowest BCUT2D eigenvalue weighted by Crippen LogP contribution is -2.13. The Bertz CT molecular complexity index is 1000. The number of aromatic nitrogens is 2. The standard InChI is InChI=1S/C16H15ClN4O2S2/c1-10-3-4-12(11(2)9-10)18-14-6-7-15(20-19-14)21-25(22,23)16-8-5-13(17)24-16/h3-9H,1-2H3,(H,18,19)(H,20,21). The first-order valence-corrected chi connectivity index (χ1v) is 9.97. The minimum absolute atomic E-state index is 0.122. The Labute approximate surface area is 154 Å². The molecule has 2 heterocycles. The summed E-state index contributed by atoms with van der Waals surface area (Å²) in [6.45, 7) is 4.02. The number of rotatable bonds is 5. The Morgan fingerprint density at radius 3 is 2.32 bits per heavy atom. The molecule has 3 aromatic rings. The van der Waals surface area contributed by atoms with E-state index in [0.717, 1.165) is 22.6 Å². The average molecular weight is 395 g/mol. The minimum Gasteiger partial charge on any atom is -0.339 e. The van der Waals surface area contributed by atoms with Crippen LogP contribution in [0, 0.1) is 13.8 Å². The number of benzene rings is 1. The van der Waals surface area contributed by atoms with Gasteiger partial charge in [0.05, 0.1) is 4.34 Å². The van der Waals surface area contributed by atoms with Crippen molar-refractivity contribution in [1.29, 1.82) is 0 Å². The van der Waals surface area contributed by atoms with E-state index in [4.69, 9.17) is 11.6 Å². The van der Waals surface area contributed by atoms with E-state index in [-0.39, 0.29) is 10.0 Å². The molecule has 2 aromatic heterocycles. The monoisotopic (exact) mass is 394 g/mol. The summed E-state index contributed by atoms with van der Waals surface area (Å²) in [5, 5.41) is 11.1. The Morgan fingerprint density at radius 2 is 1.72 bits per heavy atom. The lowest BCUT2D eigenvalue weighted by atomic mass is 10.1. The first kappa shape index (κ1) is 17.7. The molecule has 0 aliphatic heterocycles. The van der Waals surface area contributed by atoms with E-state index < -0.39 is 10.0 Å². The molecule has 0 aliphatic carbocycles. The van der Waals surface area contributed by atoms with E-state index >= 15 is 0 Å². The summed E-state index contributed by atoms with van der Waals surface area (Å²) in [6.07, 6.45) is 0. The van der Waals surface area contributed by atoms with Gasteiger partial charge in [-0.2, -0.15) is 0 Å². The van der Waals surface area contributed by atoms with E-state index in [2.05, 4.69) is 26.3 Å². The Kier molecular flexibility index (Phi) is 4.94. The third-order valence-electron chi connectivity index (χ3n) is 3.36. The summed E-state index contributed by atoms with van der Waals surface area (Å²) in [6, 6.07) is 12.2. The topological polar surface area (TPSA) is 84.0 Å². The van der Waals surface area contributed by atoms with E-state index in [9.17, 15) is 8.42 Å². The molecule has 2 N–H and O–H groups in total. The number of nitrogens with one attached hydrogen (secondary N) is 2. The normalized spacial score (nSPS) is 11.3. The molecule has 0 amide bonds. The van der Waals surface area contributed by atoms with Gasteiger partial charge < -0.3 is 5.32 Å². The number of anilines is 3. The van der Waals surface area contributed by atoms with Gasteiger partial charge in [-0.05, 0) is 49.7 Å². The van der Waals surface area contributed by atoms with E-state index in [1.807, 2.05) is 26.0 Å². The highest BCUT2D eigenvalue weighted by atomic mass is 35.5. The van der Waals surface area contributed by atoms with Crippen molar-refractivity contribution < 1.29 is 8.42 Å². The maximum absolute atomic E-state index is 12.2. The van der Waals surface area contributed by atoms with Crippen molar-refractivity contribution >= 4 is 50.3 Å². The first-order chi connectivity index (χ1) is 11.8. The van der Waals surface area contributed by atoms with Crippen LogP contribution >= 0.6 is 22.9 Å². The van der Waals surface area contributed by atoms with Crippen molar-refractivity contribution in [2.24, 2.45) is 0 Å². The van der Waals surface area contributed by atoms with Gasteiger partial charge in [0.1, 0.15) is 4.21 Å². The molecule has 0 spiro atoms. The second-order valence-corrected chi connectivity index (χ2v) is 9.04.